The van der Waals surface area contributed by atoms with Gasteiger partial charge in [0.05, 0.1) is 0 Å². The van der Waals surface area contributed by atoms with E-state index in [1.807, 2.05) is 12.3 Å². The average Bonchev–Trinajstić information content (AvgIpc) is 3.04. The van der Waals surface area contributed by atoms with Crippen LogP contribution in [0.3, 0.4) is 0 Å². The molecule has 0 amide bonds. The van der Waals surface area contributed by atoms with E-state index in [1.54, 1.807) is 0 Å². The van der Waals surface area contributed by atoms with Gasteiger partial charge < -0.3 is 15.2 Å². The smallest absolute Gasteiger partial charge is 0.140 e. The van der Waals surface area contributed by atoms with Crippen molar-refractivity contribution in [2.24, 2.45) is 5.73 Å². The van der Waals surface area contributed by atoms with Crippen LogP contribution in [0.2, 0.25) is 0 Å². The maximum atomic E-state index is 5.80. The lowest BCUT2D eigenvalue weighted by Gasteiger charge is -2.14. The number of aromatic nitrogens is 2. The van der Waals surface area contributed by atoms with E-state index in [0.717, 1.165) is 18.7 Å². The van der Waals surface area contributed by atoms with Gasteiger partial charge in [-0.05, 0) is 43.6 Å². The van der Waals surface area contributed by atoms with Crippen LogP contribution in [0.4, 0.5) is 0 Å². The molecular weight excluding hydrogens is 224 g/mol. The van der Waals surface area contributed by atoms with Crippen molar-refractivity contribution < 1.29 is 0 Å². The molecule has 0 spiro atoms. The van der Waals surface area contributed by atoms with Gasteiger partial charge in [0.2, 0.25) is 0 Å². The van der Waals surface area contributed by atoms with Gasteiger partial charge >= 0.3 is 0 Å². The summed E-state index contributed by atoms with van der Waals surface area (Å²) >= 11 is 0. The summed E-state index contributed by atoms with van der Waals surface area (Å²) in [4.78, 5) is 7.01. The highest BCUT2D eigenvalue weighted by Crippen LogP contribution is 2.19. The number of rotatable bonds is 4. The van der Waals surface area contributed by atoms with Gasteiger partial charge in [0, 0.05) is 37.4 Å². The Morgan fingerprint density at radius 3 is 2.83 bits per heavy atom. The van der Waals surface area contributed by atoms with E-state index < -0.39 is 0 Å². The summed E-state index contributed by atoms with van der Waals surface area (Å²) in [6.07, 6.45) is 6.71. The van der Waals surface area contributed by atoms with Crippen molar-refractivity contribution in [2.45, 2.75) is 25.9 Å². The standard InChI is InChI=1S/C14H20N4/c15-10-12-11-18(9-8-17-6-1-2-7-17)14-13(12)4-3-5-16-14/h3-5,11H,1-2,6-10,15H2. The first kappa shape index (κ1) is 11.7. The predicted octanol–water partition coefficient (Wildman–Crippen LogP) is 1.59. The first-order valence-electron chi connectivity index (χ1n) is 6.73. The highest BCUT2D eigenvalue weighted by Gasteiger charge is 2.13. The highest BCUT2D eigenvalue weighted by molar-refractivity contribution is 5.80. The number of nitrogens with two attached hydrogens (primary N) is 1. The molecule has 18 heavy (non-hydrogen) atoms. The lowest BCUT2D eigenvalue weighted by molar-refractivity contribution is 0.324. The van der Waals surface area contributed by atoms with E-state index in [1.165, 1.54) is 36.9 Å². The fraction of sp³-hybridized carbons (Fsp3) is 0.500. The van der Waals surface area contributed by atoms with Crippen molar-refractivity contribution in [1.29, 1.82) is 0 Å². The molecule has 1 fully saturated rings. The topological polar surface area (TPSA) is 47.1 Å². The van der Waals surface area contributed by atoms with Crippen molar-refractivity contribution >= 4 is 11.0 Å². The van der Waals surface area contributed by atoms with Crippen LogP contribution in [0, 0.1) is 0 Å². The Labute approximate surface area is 107 Å². The Kier molecular flexibility index (Phi) is 3.30. The summed E-state index contributed by atoms with van der Waals surface area (Å²) < 4.78 is 2.25. The van der Waals surface area contributed by atoms with E-state index in [0.29, 0.717) is 6.54 Å². The second-order valence-corrected chi connectivity index (χ2v) is 4.98. The van der Waals surface area contributed by atoms with Gasteiger partial charge in [-0.15, -0.1) is 0 Å². The molecule has 3 heterocycles. The maximum Gasteiger partial charge on any atom is 0.140 e. The van der Waals surface area contributed by atoms with E-state index in [4.69, 9.17) is 5.73 Å². The molecule has 1 aliphatic heterocycles. The first-order valence-corrected chi connectivity index (χ1v) is 6.73. The molecule has 0 unspecified atom stereocenters. The Hall–Kier alpha value is -1.39. The largest absolute Gasteiger partial charge is 0.331 e. The minimum absolute atomic E-state index is 0.582. The summed E-state index contributed by atoms with van der Waals surface area (Å²) in [5, 5.41) is 1.20. The molecule has 1 saturated heterocycles. The Balaban J connectivity index is 1.82. The lowest BCUT2D eigenvalue weighted by atomic mass is 10.2. The zero-order chi connectivity index (χ0) is 12.4. The van der Waals surface area contributed by atoms with Crippen LogP contribution in [0.25, 0.3) is 11.0 Å². The number of hydrogen-bond donors (Lipinski definition) is 1. The van der Waals surface area contributed by atoms with E-state index in [9.17, 15) is 0 Å². The summed E-state index contributed by atoms with van der Waals surface area (Å²) in [5.41, 5.74) is 8.06. The molecular formula is C14H20N4. The number of hydrogen-bond acceptors (Lipinski definition) is 3. The predicted molar refractivity (Wildman–Crippen MR) is 73.3 cm³/mol. The monoisotopic (exact) mass is 244 g/mol. The molecule has 0 bridgehead atoms. The summed E-state index contributed by atoms with van der Waals surface area (Å²) in [6.45, 7) is 5.20. The second-order valence-electron chi connectivity index (χ2n) is 4.98. The fourth-order valence-electron chi connectivity index (χ4n) is 2.78. The summed E-state index contributed by atoms with van der Waals surface area (Å²) in [5.74, 6) is 0. The second kappa shape index (κ2) is 5.08. The third-order valence-electron chi connectivity index (χ3n) is 3.79. The van der Waals surface area contributed by atoms with E-state index in [2.05, 4.69) is 26.7 Å². The molecule has 4 nitrogen and oxygen atoms in total. The number of fused-ring (bicyclic) bond motifs is 1. The minimum Gasteiger partial charge on any atom is -0.331 e. The molecule has 0 aliphatic carbocycles. The van der Waals surface area contributed by atoms with Crippen molar-refractivity contribution in [1.82, 2.24) is 14.5 Å². The normalized spacial score (nSPS) is 16.7. The van der Waals surface area contributed by atoms with Crippen molar-refractivity contribution in [3.05, 3.63) is 30.1 Å². The number of nitrogens with zero attached hydrogens (tertiary/aromatic N) is 3. The molecule has 4 heteroatoms. The molecule has 96 valence electrons. The third-order valence-corrected chi connectivity index (χ3v) is 3.79. The van der Waals surface area contributed by atoms with E-state index in [-0.39, 0.29) is 0 Å². The van der Waals surface area contributed by atoms with Crippen LogP contribution in [-0.2, 0) is 13.1 Å². The van der Waals surface area contributed by atoms with Gasteiger partial charge in [0.1, 0.15) is 5.65 Å². The van der Waals surface area contributed by atoms with Gasteiger partial charge in [0.15, 0.2) is 0 Å². The van der Waals surface area contributed by atoms with Crippen LogP contribution in [0.5, 0.6) is 0 Å². The molecule has 2 aromatic rings. The molecule has 2 N–H and O–H groups in total. The summed E-state index contributed by atoms with van der Waals surface area (Å²) in [6, 6.07) is 4.09. The average molecular weight is 244 g/mol. The van der Waals surface area contributed by atoms with E-state index >= 15 is 0 Å². The van der Waals surface area contributed by atoms with Crippen LogP contribution in [-0.4, -0.2) is 34.1 Å². The van der Waals surface area contributed by atoms with Crippen molar-refractivity contribution in [3.63, 3.8) is 0 Å². The van der Waals surface area contributed by atoms with Crippen LogP contribution < -0.4 is 5.73 Å². The SMILES string of the molecule is NCc1cn(CCN2CCCC2)c2ncccc12. The van der Waals surface area contributed by atoms with Crippen LogP contribution in [0.1, 0.15) is 18.4 Å². The Morgan fingerprint density at radius 2 is 2.06 bits per heavy atom. The zero-order valence-electron chi connectivity index (χ0n) is 10.7. The highest BCUT2D eigenvalue weighted by atomic mass is 15.2. The Morgan fingerprint density at radius 1 is 1.22 bits per heavy atom. The van der Waals surface area contributed by atoms with Gasteiger partial charge in [0.25, 0.3) is 0 Å². The fourth-order valence-corrected chi connectivity index (χ4v) is 2.78. The Bertz CT molecular complexity index is 526. The minimum atomic E-state index is 0.582. The maximum absolute atomic E-state index is 5.80. The van der Waals surface area contributed by atoms with Crippen LogP contribution in [0.15, 0.2) is 24.5 Å². The molecule has 3 rings (SSSR count). The number of likely N-dealkylation sites (tertiary alicyclic amines) is 1. The number of pyridine rings is 1. The molecule has 0 radical (unpaired) electrons. The summed E-state index contributed by atoms with van der Waals surface area (Å²) in [7, 11) is 0. The third kappa shape index (κ3) is 2.13. The van der Waals surface area contributed by atoms with Gasteiger partial charge in [-0.2, -0.15) is 0 Å². The molecule has 0 aromatic carbocycles. The molecule has 2 aromatic heterocycles. The van der Waals surface area contributed by atoms with Crippen LogP contribution >= 0.6 is 0 Å². The molecule has 0 atom stereocenters. The first-order chi connectivity index (χ1) is 8.88. The zero-order valence-corrected chi connectivity index (χ0v) is 10.7. The molecule has 0 saturated carbocycles. The van der Waals surface area contributed by atoms with Gasteiger partial charge in [-0.1, -0.05) is 0 Å². The quantitative estimate of drug-likeness (QED) is 0.888. The van der Waals surface area contributed by atoms with Crippen molar-refractivity contribution in [3.8, 4) is 0 Å². The van der Waals surface area contributed by atoms with Gasteiger partial charge in [-0.25, -0.2) is 4.98 Å². The lowest BCUT2D eigenvalue weighted by Crippen LogP contribution is -2.23. The molecule has 1 aliphatic rings. The van der Waals surface area contributed by atoms with Crippen molar-refractivity contribution in [2.75, 3.05) is 19.6 Å². The van der Waals surface area contributed by atoms with Gasteiger partial charge in [-0.3, -0.25) is 0 Å².